The molecular formula is C6H4N4O3. The van der Waals surface area contributed by atoms with Crippen LogP contribution in [0.15, 0.2) is 15.8 Å². The number of nitrogens with zero attached hydrogens (tertiary/aromatic N) is 2. The molecule has 13 heavy (non-hydrogen) atoms. The number of carbonyl (C=O) groups excluding carboxylic acids is 1. The third kappa shape index (κ3) is 1.85. The molecule has 0 unspecified atom stereocenters. The van der Waals surface area contributed by atoms with Crippen molar-refractivity contribution in [2.75, 3.05) is 0 Å². The molecule has 0 spiro atoms. The molecule has 0 aliphatic heterocycles. The van der Waals surface area contributed by atoms with Crippen LogP contribution < -0.4 is 11.2 Å². The van der Waals surface area contributed by atoms with E-state index in [1.807, 2.05) is 4.98 Å². The molecule has 0 atom stereocenters. The van der Waals surface area contributed by atoms with Crippen molar-refractivity contribution in [2.45, 2.75) is 0 Å². The van der Waals surface area contributed by atoms with Crippen molar-refractivity contribution in [1.29, 1.82) is 0 Å². The van der Waals surface area contributed by atoms with E-state index in [2.05, 4.69) is 9.77 Å². The summed E-state index contributed by atoms with van der Waals surface area (Å²) in [5.74, 6) is -0.792. The molecule has 1 aromatic rings. The van der Waals surface area contributed by atoms with Gasteiger partial charge in [-0.2, -0.15) is 4.79 Å². The summed E-state index contributed by atoms with van der Waals surface area (Å²) in [7, 11) is 0. The van der Waals surface area contributed by atoms with E-state index < -0.39 is 17.0 Å². The lowest BCUT2D eigenvalue weighted by Gasteiger charge is -1.87. The maximum absolute atomic E-state index is 10.9. The molecule has 0 amide bonds. The van der Waals surface area contributed by atoms with Gasteiger partial charge in [0.2, 0.25) is 0 Å². The van der Waals surface area contributed by atoms with Gasteiger partial charge in [0.25, 0.3) is 11.3 Å². The van der Waals surface area contributed by atoms with E-state index in [0.29, 0.717) is 6.21 Å². The van der Waals surface area contributed by atoms with Crippen LogP contribution in [-0.4, -0.2) is 26.8 Å². The molecule has 66 valence electrons. The highest BCUT2D eigenvalue weighted by atomic mass is 16.2. The summed E-state index contributed by atoms with van der Waals surface area (Å²) in [5.41, 5.74) is 6.18. The lowest BCUT2D eigenvalue weighted by Crippen LogP contribution is -2.27. The number of hydrogen-bond donors (Lipinski definition) is 2. The van der Waals surface area contributed by atoms with Crippen LogP contribution >= 0.6 is 0 Å². The second kappa shape index (κ2) is 3.42. The number of aromatic nitrogens is 2. The highest BCUT2D eigenvalue weighted by Crippen LogP contribution is 1.82. The smallest absolute Gasteiger partial charge is 0.328 e. The van der Waals surface area contributed by atoms with Gasteiger partial charge in [0.1, 0.15) is 5.56 Å². The fourth-order valence-corrected chi connectivity index (χ4v) is 0.715. The van der Waals surface area contributed by atoms with Gasteiger partial charge in [-0.1, -0.05) is 0 Å². The number of rotatable bonds is 2. The predicted octanol–water partition coefficient (Wildman–Crippen LogP) is -1.45. The van der Waals surface area contributed by atoms with Crippen molar-refractivity contribution in [3.8, 4) is 0 Å². The molecule has 0 saturated carbocycles. The van der Waals surface area contributed by atoms with Gasteiger partial charge in [-0.15, -0.1) is 0 Å². The van der Waals surface area contributed by atoms with Gasteiger partial charge in [-0.05, 0) is 0 Å². The Morgan fingerprint density at radius 1 is 1.54 bits per heavy atom. The Morgan fingerprint density at radius 3 is 2.77 bits per heavy atom. The first-order chi connectivity index (χ1) is 6.15. The first-order valence-corrected chi connectivity index (χ1v) is 3.19. The molecule has 0 radical (unpaired) electrons. The van der Waals surface area contributed by atoms with Crippen LogP contribution in [0, 0.1) is 0 Å². The largest absolute Gasteiger partial charge is 0.361 e. The monoisotopic (exact) mass is 180 g/mol. The van der Waals surface area contributed by atoms with Crippen molar-refractivity contribution in [1.82, 2.24) is 9.97 Å². The molecule has 7 heteroatoms. The van der Waals surface area contributed by atoms with Crippen molar-refractivity contribution < 1.29 is 9.58 Å². The summed E-state index contributed by atoms with van der Waals surface area (Å²) in [6, 6.07) is 0. The highest BCUT2D eigenvalue weighted by molar-refractivity contribution is 6.33. The van der Waals surface area contributed by atoms with Gasteiger partial charge in [0.15, 0.2) is 0 Å². The van der Waals surface area contributed by atoms with Crippen molar-refractivity contribution in [2.24, 2.45) is 0 Å². The second-order valence-corrected chi connectivity index (χ2v) is 2.09. The van der Waals surface area contributed by atoms with Crippen molar-refractivity contribution in [3.05, 3.63) is 38.1 Å². The number of ketones is 1. The van der Waals surface area contributed by atoms with Crippen LogP contribution in [0.2, 0.25) is 0 Å². The van der Waals surface area contributed by atoms with Crippen LogP contribution in [0.3, 0.4) is 0 Å². The predicted molar refractivity (Wildman–Crippen MR) is 41.7 cm³/mol. The summed E-state index contributed by atoms with van der Waals surface area (Å²) in [6.07, 6.45) is 1.51. The van der Waals surface area contributed by atoms with E-state index >= 15 is 0 Å². The molecule has 0 fully saturated rings. The molecule has 1 rings (SSSR count). The Kier molecular flexibility index (Phi) is 2.32. The summed E-state index contributed by atoms with van der Waals surface area (Å²) < 4.78 is 0. The molecule has 2 N–H and O–H groups in total. The van der Waals surface area contributed by atoms with E-state index in [4.69, 9.17) is 5.53 Å². The standard InChI is InChI=1S/C6H4N4O3/c7-9-2-4(11)3-1-8-6(13)10-5(3)12/h1-2H,(H2,8,10,12,13). The van der Waals surface area contributed by atoms with Crippen molar-refractivity contribution in [3.63, 3.8) is 0 Å². The molecule has 7 nitrogen and oxygen atoms in total. The lowest BCUT2D eigenvalue weighted by molar-refractivity contribution is 0.00232. The Labute approximate surface area is 70.7 Å². The minimum Gasteiger partial charge on any atom is -0.361 e. The van der Waals surface area contributed by atoms with Crippen LogP contribution in [0.5, 0.6) is 0 Å². The zero-order valence-corrected chi connectivity index (χ0v) is 6.27. The van der Waals surface area contributed by atoms with Gasteiger partial charge in [-0.25, -0.2) is 4.79 Å². The maximum Gasteiger partial charge on any atom is 0.328 e. The Balaban J connectivity index is 3.32. The van der Waals surface area contributed by atoms with Crippen LogP contribution in [0.25, 0.3) is 5.53 Å². The summed E-state index contributed by atoms with van der Waals surface area (Å²) in [4.78, 5) is 38.8. The van der Waals surface area contributed by atoms with Gasteiger partial charge in [0, 0.05) is 6.20 Å². The van der Waals surface area contributed by atoms with E-state index in [1.165, 1.54) is 0 Å². The zero-order chi connectivity index (χ0) is 9.84. The molecule has 0 aliphatic carbocycles. The normalized spacial score (nSPS) is 8.92. The topological polar surface area (TPSA) is 119 Å². The third-order valence-corrected chi connectivity index (χ3v) is 1.26. The number of nitrogens with one attached hydrogen (secondary N) is 2. The quantitative estimate of drug-likeness (QED) is 0.250. The first-order valence-electron chi connectivity index (χ1n) is 3.19. The third-order valence-electron chi connectivity index (χ3n) is 1.26. The SMILES string of the molecule is [N-]=[N+]=CC(=O)c1c[nH]c(=O)[nH]c1=O. The highest BCUT2D eigenvalue weighted by Gasteiger charge is 2.11. The molecular weight excluding hydrogens is 176 g/mol. The van der Waals surface area contributed by atoms with E-state index in [0.717, 1.165) is 6.20 Å². The fourth-order valence-electron chi connectivity index (χ4n) is 0.715. The van der Waals surface area contributed by atoms with E-state index in [-0.39, 0.29) is 5.56 Å². The molecule has 1 aromatic heterocycles. The minimum absolute atomic E-state index is 0.294. The Bertz CT molecular complexity index is 491. The summed E-state index contributed by atoms with van der Waals surface area (Å²) in [5, 5.41) is 0. The van der Waals surface area contributed by atoms with Crippen LogP contribution in [0.4, 0.5) is 0 Å². The van der Waals surface area contributed by atoms with Gasteiger partial charge >= 0.3 is 11.9 Å². The number of aromatic amines is 2. The fraction of sp³-hybridized carbons (Fsp3) is 0. The van der Waals surface area contributed by atoms with Crippen LogP contribution in [-0.2, 0) is 0 Å². The first kappa shape index (κ1) is 8.82. The Hall–Kier alpha value is -2.27. The number of H-pyrrole nitrogens is 2. The zero-order valence-electron chi connectivity index (χ0n) is 6.27. The maximum atomic E-state index is 10.9. The average Bonchev–Trinajstić information content (AvgIpc) is 2.04. The van der Waals surface area contributed by atoms with E-state index in [1.54, 1.807) is 0 Å². The molecule has 0 bridgehead atoms. The van der Waals surface area contributed by atoms with E-state index in [9.17, 15) is 14.4 Å². The van der Waals surface area contributed by atoms with Crippen molar-refractivity contribution >= 4 is 12.0 Å². The molecule has 0 saturated heterocycles. The molecule has 1 heterocycles. The second-order valence-electron chi connectivity index (χ2n) is 2.09. The minimum atomic E-state index is -0.825. The summed E-state index contributed by atoms with van der Waals surface area (Å²) >= 11 is 0. The van der Waals surface area contributed by atoms with Gasteiger partial charge < -0.3 is 10.5 Å². The number of carbonyl (C=O) groups is 1. The van der Waals surface area contributed by atoms with Crippen LogP contribution in [0.1, 0.15) is 10.4 Å². The molecule has 0 aromatic carbocycles. The number of hydrogen-bond acceptors (Lipinski definition) is 3. The number of Topliss-reactive ketones (excluding diaryl/α,β-unsaturated/α-hetero) is 1. The van der Waals surface area contributed by atoms with Gasteiger partial charge in [-0.3, -0.25) is 14.6 Å². The van der Waals surface area contributed by atoms with Gasteiger partial charge in [0.05, 0.1) is 0 Å². The summed E-state index contributed by atoms with van der Waals surface area (Å²) in [6.45, 7) is 0. The lowest BCUT2D eigenvalue weighted by atomic mass is 10.2. The average molecular weight is 180 g/mol. The molecule has 0 aliphatic rings. The Morgan fingerprint density at radius 2 is 2.23 bits per heavy atom.